The average Bonchev–Trinajstić information content (AvgIpc) is 3.44. The van der Waals surface area contributed by atoms with Gasteiger partial charge in [0.2, 0.25) is 5.91 Å². The molecule has 0 spiro atoms. The van der Waals surface area contributed by atoms with Crippen molar-refractivity contribution in [3.05, 3.63) is 94.4 Å². The topological polar surface area (TPSA) is 59.8 Å². The van der Waals surface area contributed by atoms with Crippen LogP contribution in [0.1, 0.15) is 22.0 Å². The highest BCUT2D eigenvalue weighted by Gasteiger charge is 2.19. The number of thiophene rings is 1. The minimum atomic E-state index is -0.154. The van der Waals surface area contributed by atoms with Crippen molar-refractivity contribution in [1.29, 1.82) is 0 Å². The number of thioether (sulfide) groups is 1. The molecule has 0 fully saturated rings. The van der Waals surface area contributed by atoms with Crippen molar-refractivity contribution >= 4 is 29.0 Å². The Morgan fingerprint density at radius 1 is 1.10 bits per heavy atom. The molecule has 1 amide bonds. The molecule has 0 aliphatic rings. The Morgan fingerprint density at radius 3 is 2.66 bits per heavy atom. The molecule has 7 heteroatoms. The molecule has 2 aromatic carbocycles. The highest BCUT2D eigenvalue weighted by molar-refractivity contribution is 7.99. The number of aryl methyl sites for hydroxylation is 1. The zero-order chi connectivity index (χ0) is 20.1. The number of rotatable bonds is 7. The lowest BCUT2D eigenvalue weighted by Gasteiger charge is -2.18. The second-order valence-electron chi connectivity index (χ2n) is 6.49. The summed E-state index contributed by atoms with van der Waals surface area (Å²) < 4.78 is 1.92. The monoisotopic (exact) mass is 420 g/mol. The third-order valence-corrected chi connectivity index (χ3v) is 6.37. The molecular weight excluding hydrogens is 400 g/mol. The minimum absolute atomic E-state index is 0.0448. The van der Waals surface area contributed by atoms with Gasteiger partial charge in [-0.1, -0.05) is 66.4 Å². The standard InChI is InChI=1S/C22H20N4OS2/c1-16-8-5-6-11-18(16)26-15-23-25-22(26)29-14-20(27)24-21(19-12-7-13-28-19)17-9-3-2-4-10-17/h2-13,15,21H,14H2,1H3,(H,24,27). The van der Waals surface area contributed by atoms with Gasteiger partial charge in [0.05, 0.1) is 17.5 Å². The Kier molecular flexibility index (Phi) is 6.07. The number of nitrogens with zero attached hydrogens (tertiary/aromatic N) is 3. The van der Waals surface area contributed by atoms with Crippen LogP contribution in [0.25, 0.3) is 5.69 Å². The maximum atomic E-state index is 12.7. The SMILES string of the molecule is Cc1ccccc1-n1cnnc1SCC(=O)NC(c1ccccc1)c1cccs1. The number of carbonyl (C=O) groups excluding carboxylic acids is 1. The molecule has 5 nitrogen and oxygen atoms in total. The molecule has 1 N–H and O–H groups in total. The van der Waals surface area contributed by atoms with Crippen LogP contribution < -0.4 is 5.32 Å². The fourth-order valence-corrected chi connectivity index (χ4v) is 4.61. The molecule has 2 heterocycles. The second-order valence-corrected chi connectivity index (χ2v) is 8.41. The Balaban J connectivity index is 1.47. The first-order chi connectivity index (χ1) is 14.2. The van der Waals surface area contributed by atoms with Gasteiger partial charge in [-0.25, -0.2) is 0 Å². The maximum Gasteiger partial charge on any atom is 0.231 e. The molecule has 0 saturated heterocycles. The number of amides is 1. The summed E-state index contributed by atoms with van der Waals surface area (Å²) in [5.41, 5.74) is 3.21. The quantitative estimate of drug-likeness (QED) is 0.443. The van der Waals surface area contributed by atoms with Gasteiger partial charge in [-0.3, -0.25) is 9.36 Å². The largest absolute Gasteiger partial charge is 0.344 e. The summed E-state index contributed by atoms with van der Waals surface area (Å²) in [6, 6.07) is 22.0. The predicted octanol–water partition coefficient (Wildman–Crippen LogP) is 4.64. The van der Waals surface area contributed by atoms with Crippen LogP contribution in [0.4, 0.5) is 0 Å². The molecule has 4 rings (SSSR count). The smallest absolute Gasteiger partial charge is 0.231 e. The zero-order valence-corrected chi connectivity index (χ0v) is 17.5. The predicted molar refractivity (Wildman–Crippen MR) is 118 cm³/mol. The summed E-state index contributed by atoms with van der Waals surface area (Å²) in [4.78, 5) is 13.9. The molecule has 146 valence electrons. The van der Waals surface area contributed by atoms with Gasteiger partial charge in [0, 0.05) is 4.88 Å². The number of nitrogens with one attached hydrogen (secondary N) is 1. The number of hydrogen-bond acceptors (Lipinski definition) is 5. The first-order valence-corrected chi connectivity index (χ1v) is 11.1. The van der Waals surface area contributed by atoms with Gasteiger partial charge in [-0.15, -0.1) is 21.5 Å². The van der Waals surface area contributed by atoms with Crippen molar-refractivity contribution < 1.29 is 4.79 Å². The molecule has 0 radical (unpaired) electrons. The van der Waals surface area contributed by atoms with Crippen molar-refractivity contribution in [3.63, 3.8) is 0 Å². The third kappa shape index (κ3) is 4.58. The van der Waals surface area contributed by atoms with Gasteiger partial charge < -0.3 is 5.32 Å². The summed E-state index contributed by atoms with van der Waals surface area (Å²) in [6.07, 6.45) is 1.68. The van der Waals surface area contributed by atoms with E-state index in [1.807, 2.05) is 83.6 Å². The van der Waals surface area contributed by atoms with Crippen molar-refractivity contribution in [2.45, 2.75) is 18.1 Å². The second kappa shape index (κ2) is 9.07. The van der Waals surface area contributed by atoms with E-state index in [0.29, 0.717) is 5.16 Å². The molecule has 29 heavy (non-hydrogen) atoms. The van der Waals surface area contributed by atoms with Crippen LogP contribution >= 0.6 is 23.1 Å². The summed E-state index contributed by atoms with van der Waals surface area (Å²) in [7, 11) is 0. The Bertz CT molecular complexity index is 1080. The summed E-state index contributed by atoms with van der Waals surface area (Å²) in [5, 5.41) is 14.1. The van der Waals surface area contributed by atoms with E-state index in [0.717, 1.165) is 21.7 Å². The van der Waals surface area contributed by atoms with E-state index in [4.69, 9.17) is 0 Å². The van der Waals surface area contributed by atoms with Crippen molar-refractivity contribution in [1.82, 2.24) is 20.1 Å². The first-order valence-electron chi connectivity index (χ1n) is 9.19. The molecule has 0 aliphatic carbocycles. The Hall–Kier alpha value is -2.90. The van der Waals surface area contributed by atoms with E-state index in [1.165, 1.54) is 11.8 Å². The van der Waals surface area contributed by atoms with Crippen LogP contribution in [-0.4, -0.2) is 26.4 Å². The summed E-state index contributed by atoms with van der Waals surface area (Å²) in [6.45, 7) is 2.04. The van der Waals surface area contributed by atoms with Crippen LogP contribution in [-0.2, 0) is 4.79 Å². The molecule has 0 bridgehead atoms. The molecule has 0 aliphatic heterocycles. The highest BCUT2D eigenvalue weighted by atomic mass is 32.2. The van der Waals surface area contributed by atoms with Crippen molar-refractivity contribution in [3.8, 4) is 5.69 Å². The van der Waals surface area contributed by atoms with Crippen LogP contribution in [0.5, 0.6) is 0 Å². The lowest BCUT2D eigenvalue weighted by atomic mass is 10.1. The number of benzene rings is 2. The number of aromatic nitrogens is 3. The van der Waals surface area contributed by atoms with Gasteiger partial charge in [-0.05, 0) is 35.6 Å². The zero-order valence-electron chi connectivity index (χ0n) is 15.9. The third-order valence-electron chi connectivity index (χ3n) is 4.49. The van der Waals surface area contributed by atoms with E-state index in [-0.39, 0.29) is 17.7 Å². The van der Waals surface area contributed by atoms with E-state index >= 15 is 0 Å². The van der Waals surface area contributed by atoms with E-state index in [1.54, 1.807) is 17.7 Å². The number of carbonyl (C=O) groups is 1. The van der Waals surface area contributed by atoms with Crippen LogP contribution in [0, 0.1) is 6.92 Å². The van der Waals surface area contributed by atoms with Crippen LogP contribution in [0.3, 0.4) is 0 Å². The van der Waals surface area contributed by atoms with Crippen molar-refractivity contribution in [2.75, 3.05) is 5.75 Å². The Labute approximate surface area is 177 Å². The van der Waals surface area contributed by atoms with E-state index in [9.17, 15) is 4.79 Å². The summed E-state index contributed by atoms with van der Waals surface area (Å²) >= 11 is 3.02. The number of para-hydroxylation sites is 1. The fraction of sp³-hybridized carbons (Fsp3) is 0.136. The van der Waals surface area contributed by atoms with E-state index < -0.39 is 0 Å². The fourth-order valence-electron chi connectivity index (χ4n) is 3.07. The molecule has 2 aromatic heterocycles. The lowest BCUT2D eigenvalue weighted by Crippen LogP contribution is -2.30. The normalized spacial score (nSPS) is 11.9. The van der Waals surface area contributed by atoms with Gasteiger partial charge in [-0.2, -0.15) is 0 Å². The molecule has 1 unspecified atom stereocenters. The van der Waals surface area contributed by atoms with E-state index in [2.05, 4.69) is 15.5 Å². The maximum absolute atomic E-state index is 12.7. The molecule has 1 atom stereocenters. The molecular formula is C22H20N4OS2. The lowest BCUT2D eigenvalue weighted by molar-refractivity contribution is -0.119. The number of hydrogen-bond donors (Lipinski definition) is 1. The van der Waals surface area contributed by atoms with Gasteiger partial charge in [0.15, 0.2) is 5.16 Å². The van der Waals surface area contributed by atoms with Gasteiger partial charge >= 0.3 is 0 Å². The van der Waals surface area contributed by atoms with Crippen LogP contribution in [0.2, 0.25) is 0 Å². The molecule has 0 saturated carbocycles. The first kappa shape index (κ1) is 19.4. The highest BCUT2D eigenvalue weighted by Crippen LogP contribution is 2.27. The minimum Gasteiger partial charge on any atom is -0.344 e. The Morgan fingerprint density at radius 2 is 1.90 bits per heavy atom. The van der Waals surface area contributed by atoms with Gasteiger partial charge in [0.25, 0.3) is 0 Å². The summed E-state index contributed by atoms with van der Waals surface area (Å²) in [5.74, 6) is 0.218. The average molecular weight is 421 g/mol. The van der Waals surface area contributed by atoms with Crippen molar-refractivity contribution in [2.24, 2.45) is 0 Å². The van der Waals surface area contributed by atoms with Crippen LogP contribution in [0.15, 0.2) is 83.6 Å². The van der Waals surface area contributed by atoms with Gasteiger partial charge in [0.1, 0.15) is 6.33 Å². The molecule has 4 aromatic rings.